The van der Waals surface area contributed by atoms with E-state index >= 15 is 0 Å². The fraction of sp³-hybridized carbons (Fsp3) is 0.750. The van der Waals surface area contributed by atoms with Gasteiger partial charge in [0.25, 0.3) is 0 Å². The Labute approximate surface area is 116 Å². The molecule has 1 aromatic heterocycles. The van der Waals surface area contributed by atoms with Crippen LogP contribution in [-0.2, 0) is 18.3 Å². The predicted octanol–water partition coefficient (Wildman–Crippen LogP) is 3.53. The summed E-state index contributed by atoms with van der Waals surface area (Å²) in [5.74, 6) is 2.10. The van der Waals surface area contributed by atoms with Crippen molar-refractivity contribution >= 4 is 5.78 Å². The number of nitrogens with zero attached hydrogens (tertiary/aromatic N) is 2. The molecule has 0 aliphatic heterocycles. The summed E-state index contributed by atoms with van der Waals surface area (Å²) in [6, 6.07) is 0. The molecule has 2 rings (SSSR count). The average Bonchev–Trinajstić information content (AvgIpc) is 2.96. The van der Waals surface area contributed by atoms with Gasteiger partial charge in [-0.15, -0.1) is 0 Å². The van der Waals surface area contributed by atoms with E-state index in [1.165, 1.54) is 12.8 Å². The quantitative estimate of drug-likeness (QED) is 0.786. The zero-order chi connectivity index (χ0) is 13.9. The van der Waals surface area contributed by atoms with E-state index in [-0.39, 0.29) is 5.41 Å². The predicted molar refractivity (Wildman–Crippen MR) is 76.9 cm³/mol. The maximum atomic E-state index is 12.7. The number of imidazole rings is 1. The highest BCUT2D eigenvalue weighted by Gasteiger charge is 2.40. The minimum Gasteiger partial charge on any atom is -0.338 e. The van der Waals surface area contributed by atoms with E-state index < -0.39 is 0 Å². The summed E-state index contributed by atoms with van der Waals surface area (Å²) in [6.07, 6.45) is 10.9. The molecular weight excluding hydrogens is 236 g/mol. The van der Waals surface area contributed by atoms with Crippen molar-refractivity contribution in [3.8, 4) is 0 Å². The van der Waals surface area contributed by atoms with Crippen molar-refractivity contribution in [1.82, 2.24) is 9.55 Å². The molecule has 1 saturated carbocycles. The van der Waals surface area contributed by atoms with Gasteiger partial charge in [0.1, 0.15) is 11.6 Å². The van der Waals surface area contributed by atoms with Crippen LogP contribution in [0.2, 0.25) is 0 Å². The van der Waals surface area contributed by atoms with Gasteiger partial charge >= 0.3 is 0 Å². The van der Waals surface area contributed by atoms with Crippen LogP contribution in [0.5, 0.6) is 0 Å². The first-order chi connectivity index (χ1) is 9.03. The molecule has 19 heavy (non-hydrogen) atoms. The van der Waals surface area contributed by atoms with E-state index in [0.717, 1.165) is 31.5 Å². The van der Waals surface area contributed by atoms with Crippen molar-refractivity contribution in [3.05, 3.63) is 18.2 Å². The lowest BCUT2D eigenvalue weighted by Gasteiger charge is -2.29. The van der Waals surface area contributed by atoms with E-state index in [2.05, 4.69) is 18.8 Å². The second-order valence-electron chi connectivity index (χ2n) is 6.46. The van der Waals surface area contributed by atoms with E-state index in [9.17, 15) is 4.79 Å². The Morgan fingerprint density at radius 2 is 2.11 bits per heavy atom. The van der Waals surface area contributed by atoms with Crippen LogP contribution in [-0.4, -0.2) is 15.3 Å². The second kappa shape index (κ2) is 5.89. The molecule has 0 saturated heterocycles. The molecule has 1 aliphatic carbocycles. The Morgan fingerprint density at radius 3 is 2.63 bits per heavy atom. The van der Waals surface area contributed by atoms with Gasteiger partial charge in [0.2, 0.25) is 0 Å². The summed E-state index contributed by atoms with van der Waals surface area (Å²) in [4.78, 5) is 17.0. The SMILES string of the molecule is CC(C)CC1(C(=O)CCc2nccn2C)CCCC1. The molecule has 3 nitrogen and oxygen atoms in total. The van der Waals surface area contributed by atoms with Crippen LogP contribution in [0.1, 0.15) is 58.2 Å². The molecule has 0 atom stereocenters. The number of carbonyl (C=O) groups is 1. The monoisotopic (exact) mass is 262 g/mol. The summed E-state index contributed by atoms with van der Waals surface area (Å²) >= 11 is 0. The largest absolute Gasteiger partial charge is 0.338 e. The first-order valence-electron chi connectivity index (χ1n) is 7.53. The van der Waals surface area contributed by atoms with E-state index in [1.807, 2.05) is 17.8 Å². The fourth-order valence-electron chi connectivity index (χ4n) is 3.56. The molecule has 0 bridgehead atoms. The van der Waals surface area contributed by atoms with Crippen LogP contribution < -0.4 is 0 Å². The molecule has 3 heteroatoms. The topological polar surface area (TPSA) is 34.9 Å². The third-order valence-electron chi connectivity index (χ3n) is 4.45. The van der Waals surface area contributed by atoms with Crippen LogP contribution in [0.15, 0.2) is 12.4 Å². The average molecular weight is 262 g/mol. The third-order valence-corrected chi connectivity index (χ3v) is 4.45. The van der Waals surface area contributed by atoms with E-state index in [0.29, 0.717) is 18.1 Å². The lowest BCUT2D eigenvalue weighted by atomic mass is 9.74. The van der Waals surface area contributed by atoms with Crippen molar-refractivity contribution < 1.29 is 4.79 Å². The molecule has 0 N–H and O–H groups in total. The van der Waals surface area contributed by atoms with Crippen LogP contribution in [0.3, 0.4) is 0 Å². The summed E-state index contributed by atoms with van der Waals surface area (Å²) in [6.45, 7) is 4.46. The summed E-state index contributed by atoms with van der Waals surface area (Å²) in [5, 5.41) is 0. The van der Waals surface area contributed by atoms with Gasteiger partial charge in [0.15, 0.2) is 0 Å². The fourth-order valence-corrected chi connectivity index (χ4v) is 3.56. The Hall–Kier alpha value is -1.12. The van der Waals surface area contributed by atoms with Gasteiger partial charge in [-0.05, 0) is 25.2 Å². The van der Waals surface area contributed by atoms with Crippen LogP contribution >= 0.6 is 0 Å². The highest BCUT2D eigenvalue weighted by molar-refractivity contribution is 5.85. The number of aromatic nitrogens is 2. The number of aryl methyl sites for hydroxylation is 2. The maximum absolute atomic E-state index is 12.7. The van der Waals surface area contributed by atoms with Crippen molar-refractivity contribution in [1.29, 1.82) is 0 Å². The third kappa shape index (κ3) is 3.26. The lowest BCUT2D eigenvalue weighted by Crippen LogP contribution is -2.30. The van der Waals surface area contributed by atoms with Crippen molar-refractivity contribution in [3.63, 3.8) is 0 Å². The van der Waals surface area contributed by atoms with Gasteiger partial charge in [-0.1, -0.05) is 26.7 Å². The zero-order valence-corrected chi connectivity index (χ0v) is 12.5. The Morgan fingerprint density at radius 1 is 1.42 bits per heavy atom. The maximum Gasteiger partial charge on any atom is 0.139 e. The summed E-state index contributed by atoms with van der Waals surface area (Å²) < 4.78 is 2.01. The Kier molecular flexibility index (Phi) is 4.43. The molecule has 0 radical (unpaired) electrons. The van der Waals surface area contributed by atoms with Crippen molar-refractivity contribution in [2.24, 2.45) is 18.4 Å². The van der Waals surface area contributed by atoms with Crippen molar-refractivity contribution in [2.75, 3.05) is 0 Å². The molecule has 106 valence electrons. The van der Waals surface area contributed by atoms with Crippen LogP contribution in [0, 0.1) is 11.3 Å². The molecule has 1 aromatic rings. The summed E-state index contributed by atoms with van der Waals surface area (Å²) in [7, 11) is 1.99. The second-order valence-corrected chi connectivity index (χ2v) is 6.46. The zero-order valence-electron chi connectivity index (χ0n) is 12.5. The highest BCUT2D eigenvalue weighted by Crippen LogP contribution is 2.44. The van der Waals surface area contributed by atoms with Gasteiger partial charge in [0.05, 0.1) is 0 Å². The van der Waals surface area contributed by atoms with E-state index in [4.69, 9.17) is 0 Å². The van der Waals surface area contributed by atoms with Gasteiger partial charge in [-0.2, -0.15) is 0 Å². The van der Waals surface area contributed by atoms with Gasteiger partial charge in [0, 0.05) is 37.7 Å². The minimum absolute atomic E-state index is 0.0146. The first kappa shape index (κ1) is 14.3. The molecule has 0 amide bonds. The Balaban J connectivity index is 1.98. The van der Waals surface area contributed by atoms with Gasteiger partial charge < -0.3 is 4.57 Å². The normalized spacial score (nSPS) is 18.1. The number of Topliss-reactive ketones (excluding diaryl/α,β-unsaturated/α-hetero) is 1. The molecule has 0 spiro atoms. The van der Waals surface area contributed by atoms with Gasteiger partial charge in [-0.3, -0.25) is 4.79 Å². The van der Waals surface area contributed by atoms with Crippen molar-refractivity contribution in [2.45, 2.75) is 58.8 Å². The first-order valence-corrected chi connectivity index (χ1v) is 7.53. The van der Waals surface area contributed by atoms with Gasteiger partial charge in [-0.25, -0.2) is 4.98 Å². The number of carbonyl (C=O) groups excluding carboxylic acids is 1. The molecule has 1 heterocycles. The van der Waals surface area contributed by atoms with E-state index in [1.54, 1.807) is 6.20 Å². The summed E-state index contributed by atoms with van der Waals surface area (Å²) in [5.41, 5.74) is -0.0146. The Bertz CT molecular complexity index is 428. The number of hydrogen-bond acceptors (Lipinski definition) is 2. The standard InChI is InChI=1S/C16H26N2O/c1-13(2)12-16(8-4-5-9-16)14(19)6-7-15-17-10-11-18(15)3/h10-11,13H,4-9,12H2,1-3H3. The molecular formula is C16H26N2O. The number of rotatable bonds is 6. The lowest BCUT2D eigenvalue weighted by molar-refractivity contribution is -0.129. The van der Waals surface area contributed by atoms with Crippen LogP contribution in [0.4, 0.5) is 0 Å². The molecule has 0 unspecified atom stereocenters. The number of hydrogen-bond donors (Lipinski definition) is 0. The smallest absolute Gasteiger partial charge is 0.139 e. The molecule has 0 aromatic carbocycles. The highest BCUT2D eigenvalue weighted by atomic mass is 16.1. The molecule has 1 fully saturated rings. The minimum atomic E-state index is -0.0146. The molecule has 1 aliphatic rings. The van der Waals surface area contributed by atoms with Crippen LogP contribution in [0.25, 0.3) is 0 Å². The number of ketones is 1.